The molecule has 3 amide bonds. The van der Waals surface area contributed by atoms with Gasteiger partial charge in [0.15, 0.2) is 5.17 Å². The Hall–Kier alpha value is -2.55. The predicted octanol–water partition coefficient (Wildman–Crippen LogP) is 3.34. The van der Waals surface area contributed by atoms with E-state index < -0.39 is 17.7 Å². The molecule has 2 aromatic rings. The van der Waals surface area contributed by atoms with E-state index in [-0.39, 0.29) is 16.4 Å². The highest BCUT2D eigenvalue weighted by molar-refractivity contribution is 8.13. The third-order valence-corrected chi connectivity index (χ3v) is 4.92. The van der Waals surface area contributed by atoms with Crippen LogP contribution in [0.5, 0.6) is 0 Å². The van der Waals surface area contributed by atoms with Crippen molar-refractivity contribution < 1.29 is 14.7 Å². The summed E-state index contributed by atoms with van der Waals surface area (Å²) < 4.78 is 0. The molecule has 0 saturated heterocycles. The molecule has 4 N–H and O–H groups in total. The third kappa shape index (κ3) is 3.51. The average molecular weight is 405 g/mol. The summed E-state index contributed by atoms with van der Waals surface area (Å²) in [7, 11) is 0. The molecule has 1 heterocycles. The van der Waals surface area contributed by atoms with Gasteiger partial charge in [0.05, 0.1) is 5.69 Å². The van der Waals surface area contributed by atoms with Gasteiger partial charge in [-0.3, -0.25) is 15.1 Å². The molecule has 0 fully saturated rings. The van der Waals surface area contributed by atoms with Gasteiger partial charge in [-0.25, -0.2) is 4.79 Å². The Kier molecular flexibility index (Phi) is 5.41. The Labute approximate surface area is 165 Å². The maximum Gasteiger partial charge on any atom is 0.329 e. The number of benzene rings is 2. The van der Waals surface area contributed by atoms with Crippen molar-refractivity contribution in [2.75, 3.05) is 16.0 Å². The lowest BCUT2D eigenvalue weighted by Gasteiger charge is -2.42. The molecule has 0 aliphatic carbocycles. The summed E-state index contributed by atoms with van der Waals surface area (Å²) in [6.07, 6.45) is 0. The van der Waals surface area contributed by atoms with Crippen molar-refractivity contribution in [2.24, 2.45) is 0 Å². The Balaban J connectivity index is 2.13. The maximum atomic E-state index is 13.0. The number of para-hydroxylation sites is 1. The highest BCUT2D eigenvalue weighted by Crippen LogP contribution is 2.40. The lowest BCUT2D eigenvalue weighted by Crippen LogP contribution is -2.63. The number of thioether (sulfide) groups is 1. The van der Waals surface area contributed by atoms with Crippen LogP contribution in [0.3, 0.4) is 0 Å². The van der Waals surface area contributed by atoms with E-state index in [0.717, 1.165) is 16.7 Å². The van der Waals surface area contributed by atoms with Gasteiger partial charge >= 0.3 is 6.03 Å². The number of aliphatic hydroxyl groups is 1. The number of anilines is 2. The van der Waals surface area contributed by atoms with Crippen LogP contribution in [-0.4, -0.2) is 28.0 Å². The molecule has 1 aliphatic heterocycles. The number of amides is 3. The van der Waals surface area contributed by atoms with Crippen LogP contribution in [0.15, 0.2) is 48.5 Å². The molecule has 0 radical (unpaired) electrons. The highest BCUT2D eigenvalue weighted by atomic mass is 35.5. The first-order valence-electron chi connectivity index (χ1n) is 8.09. The minimum Gasteiger partial charge on any atom is -0.359 e. The number of hydrogen-bond acceptors (Lipinski definition) is 5. The maximum absolute atomic E-state index is 13.0. The first-order chi connectivity index (χ1) is 12.9. The number of urea groups is 1. The van der Waals surface area contributed by atoms with Gasteiger partial charge in [0.1, 0.15) is 0 Å². The molecule has 0 saturated carbocycles. The molecule has 3 rings (SSSR count). The Morgan fingerprint density at radius 1 is 1.30 bits per heavy atom. The molecule has 2 aromatic carbocycles. The lowest BCUT2D eigenvalue weighted by atomic mass is 9.95. The topological polar surface area (TPSA) is 106 Å². The number of carbonyl (C=O) groups excluding carboxylic acids is 2. The molecule has 0 bridgehead atoms. The second kappa shape index (κ2) is 7.59. The van der Waals surface area contributed by atoms with E-state index in [1.54, 1.807) is 36.4 Å². The van der Waals surface area contributed by atoms with Crippen molar-refractivity contribution in [3.63, 3.8) is 0 Å². The van der Waals surface area contributed by atoms with Crippen molar-refractivity contribution >= 4 is 51.8 Å². The zero-order chi connectivity index (χ0) is 19.6. The van der Waals surface area contributed by atoms with Crippen LogP contribution in [0, 0.1) is 5.41 Å². The van der Waals surface area contributed by atoms with Crippen molar-refractivity contribution in [1.82, 2.24) is 5.32 Å². The van der Waals surface area contributed by atoms with Gasteiger partial charge in [-0.05, 0) is 36.1 Å². The summed E-state index contributed by atoms with van der Waals surface area (Å²) in [6.45, 7) is 1.84. The molecular formula is C18H17ClN4O3S. The zero-order valence-corrected chi connectivity index (χ0v) is 15.9. The highest BCUT2D eigenvalue weighted by Gasteiger charge is 2.52. The number of amidine groups is 1. The average Bonchev–Trinajstić information content (AvgIpc) is 2.63. The Morgan fingerprint density at radius 2 is 1.96 bits per heavy atom. The number of hydrogen-bond donors (Lipinski definition) is 4. The smallest absolute Gasteiger partial charge is 0.329 e. The number of fused-ring (bicyclic) bond motifs is 1. The molecule has 0 spiro atoms. The molecule has 140 valence electrons. The molecule has 1 atom stereocenters. The summed E-state index contributed by atoms with van der Waals surface area (Å²) >= 11 is 7.02. The van der Waals surface area contributed by atoms with Gasteiger partial charge in [-0.15, -0.1) is 0 Å². The van der Waals surface area contributed by atoms with Gasteiger partial charge < -0.3 is 15.7 Å². The van der Waals surface area contributed by atoms with Crippen LogP contribution in [0.1, 0.15) is 12.5 Å². The molecule has 9 heteroatoms. The van der Waals surface area contributed by atoms with E-state index in [1.165, 1.54) is 12.1 Å². The molecular weight excluding hydrogens is 388 g/mol. The van der Waals surface area contributed by atoms with E-state index >= 15 is 0 Å². The summed E-state index contributed by atoms with van der Waals surface area (Å²) in [6, 6.07) is 12.0. The third-order valence-electron chi connectivity index (χ3n) is 3.99. The largest absolute Gasteiger partial charge is 0.359 e. The number of carbonyl (C=O) groups is 2. The number of nitrogens with one attached hydrogen (secondary N) is 3. The van der Waals surface area contributed by atoms with Crippen LogP contribution in [0.25, 0.3) is 0 Å². The number of halogens is 1. The lowest BCUT2D eigenvalue weighted by molar-refractivity contribution is -0.138. The number of nitrogens with zero attached hydrogens (tertiary/aromatic N) is 1. The van der Waals surface area contributed by atoms with Gasteiger partial charge in [-0.1, -0.05) is 48.5 Å². The van der Waals surface area contributed by atoms with Crippen LogP contribution in [0.2, 0.25) is 5.02 Å². The first-order valence-corrected chi connectivity index (χ1v) is 9.45. The van der Waals surface area contributed by atoms with Gasteiger partial charge in [0.25, 0.3) is 11.6 Å². The normalized spacial score (nSPS) is 18.5. The minimum atomic E-state index is -2.34. The summed E-state index contributed by atoms with van der Waals surface area (Å²) in [5.74, 6) is -0.319. The van der Waals surface area contributed by atoms with Crippen LogP contribution < -0.4 is 15.5 Å². The molecule has 0 aromatic heterocycles. The monoisotopic (exact) mass is 404 g/mol. The SMILES string of the molecule is CCSC(=N)NC(=O)C1(O)c2ccccc2NC(=O)N1c1ccc(Cl)cc1. The molecule has 1 aliphatic rings. The van der Waals surface area contributed by atoms with E-state index in [0.29, 0.717) is 16.5 Å². The van der Waals surface area contributed by atoms with Gasteiger partial charge in [0, 0.05) is 16.3 Å². The van der Waals surface area contributed by atoms with Crippen molar-refractivity contribution in [1.29, 1.82) is 5.41 Å². The van der Waals surface area contributed by atoms with Gasteiger partial charge in [-0.2, -0.15) is 0 Å². The van der Waals surface area contributed by atoms with Crippen LogP contribution in [0.4, 0.5) is 16.2 Å². The fourth-order valence-electron chi connectivity index (χ4n) is 2.82. The first kappa shape index (κ1) is 19.2. The fraction of sp³-hybridized carbons (Fsp3) is 0.167. The minimum absolute atomic E-state index is 0.115. The van der Waals surface area contributed by atoms with Crippen molar-refractivity contribution in [3.05, 3.63) is 59.1 Å². The standard InChI is InChI=1S/C18H17ClN4O3S/c1-2-27-16(20)22-15(24)18(26)13-5-3-4-6-14(13)21-17(25)23(18)12-9-7-11(19)8-10-12/h3-10,26H,2H2,1H3,(H,21,25)(H2,20,22,24). The summed E-state index contributed by atoms with van der Waals surface area (Å²) in [5.41, 5.74) is -1.54. The summed E-state index contributed by atoms with van der Waals surface area (Å²) in [4.78, 5) is 26.7. The van der Waals surface area contributed by atoms with Crippen molar-refractivity contribution in [2.45, 2.75) is 12.6 Å². The predicted molar refractivity (Wildman–Crippen MR) is 107 cm³/mol. The molecule has 27 heavy (non-hydrogen) atoms. The van der Waals surface area contributed by atoms with E-state index in [2.05, 4.69) is 10.6 Å². The van der Waals surface area contributed by atoms with Crippen LogP contribution in [-0.2, 0) is 10.5 Å². The van der Waals surface area contributed by atoms with Crippen LogP contribution >= 0.6 is 23.4 Å². The van der Waals surface area contributed by atoms with E-state index in [9.17, 15) is 14.7 Å². The molecule has 7 nitrogen and oxygen atoms in total. The Morgan fingerprint density at radius 3 is 2.63 bits per heavy atom. The second-order valence-electron chi connectivity index (χ2n) is 5.68. The fourth-order valence-corrected chi connectivity index (χ4v) is 3.40. The van der Waals surface area contributed by atoms with Crippen molar-refractivity contribution in [3.8, 4) is 0 Å². The summed E-state index contributed by atoms with van der Waals surface area (Å²) in [5, 5.41) is 24.7. The number of rotatable bonds is 3. The quantitative estimate of drug-likeness (QED) is 0.465. The van der Waals surface area contributed by atoms with E-state index in [4.69, 9.17) is 17.0 Å². The second-order valence-corrected chi connectivity index (χ2v) is 7.39. The van der Waals surface area contributed by atoms with Gasteiger partial charge in [0.2, 0.25) is 0 Å². The van der Waals surface area contributed by atoms with E-state index in [1.807, 2.05) is 6.92 Å². The Bertz CT molecular complexity index is 906. The molecule has 1 unspecified atom stereocenters. The zero-order valence-electron chi connectivity index (χ0n) is 14.3.